The summed E-state index contributed by atoms with van der Waals surface area (Å²) in [4.78, 5) is 29.1. The molecule has 1 aromatic carbocycles. The van der Waals surface area contributed by atoms with E-state index >= 15 is 0 Å². The lowest BCUT2D eigenvalue weighted by Gasteiger charge is -2.34. The second kappa shape index (κ2) is 9.87. The molecule has 3 atom stereocenters. The van der Waals surface area contributed by atoms with Gasteiger partial charge >= 0.3 is 5.97 Å². The first-order valence-electron chi connectivity index (χ1n) is 10.0. The zero-order valence-electron chi connectivity index (χ0n) is 17.1. The highest BCUT2D eigenvalue weighted by molar-refractivity contribution is 7.09. The molecular formula is C22H28N2O4S. The molecule has 1 aromatic heterocycles. The smallest absolute Gasteiger partial charge is 0.342 e. The first-order valence-corrected chi connectivity index (χ1v) is 10.9. The molecular weight excluding hydrogens is 388 g/mol. The van der Waals surface area contributed by atoms with Gasteiger partial charge in [-0.05, 0) is 37.3 Å². The van der Waals surface area contributed by atoms with Crippen molar-refractivity contribution in [3.05, 3.63) is 45.9 Å². The Hall–Kier alpha value is -2.41. The third-order valence-electron chi connectivity index (χ3n) is 5.54. The third-order valence-corrected chi connectivity index (χ3v) is 6.36. The Morgan fingerprint density at radius 1 is 1.24 bits per heavy atom. The van der Waals surface area contributed by atoms with Crippen LogP contribution in [0.3, 0.4) is 0 Å². The predicted octanol–water partition coefficient (Wildman–Crippen LogP) is 4.13. The summed E-state index contributed by atoms with van der Waals surface area (Å²) >= 11 is 1.55. The summed E-state index contributed by atoms with van der Waals surface area (Å²) in [6, 6.07) is 7.01. The SMILES string of the molecule is Cc1nc(COc2ccccc2C(=O)OCC(=O)N[C@H]2CCC[C@H](C)[C@@H]2C)cs1. The van der Waals surface area contributed by atoms with Gasteiger partial charge in [0.25, 0.3) is 5.91 Å². The van der Waals surface area contributed by atoms with Gasteiger partial charge in [-0.1, -0.05) is 38.8 Å². The normalized spacial score (nSPS) is 21.4. The largest absolute Gasteiger partial charge is 0.486 e. The van der Waals surface area contributed by atoms with Gasteiger partial charge < -0.3 is 14.8 Å². The van der Waals surface area contributed by atoms with E-state index in [4.69, 9.17) is 9.47 Å². The maximum Gasteiger partial charge on any atom is 0.342 e. The van der Waals surface area contributed by atoms with Crippen molar-refractivity contribution in [2.45, 2.75) is 52.7 Å². The van der Waals surface area contributed by atoms with Gasteiger partial charge in [0.2, 0.25) is 0 Å². The number of carbonyl (C=O) groups is 2. The topological polar surface area (TPSA) is 77.5 Å². The highest BCUT2D eigenvalue weighted by Gasteiger charge is 2.28. The molecule has 1 N–H and O–H groups in total. The molecule has 156 valence electrons. The Morgan fingerprint density at radius 3 is 2.79 bits per heavy atom. The number of aromatic nitrogens is 1. The molecule has 3 rings (SSSR count). The van der Waals surface area contributed by atoms with Crippen LogP contribution in [0.1, 0.15) is 54.2 Å². The van der Waals surface area contributed by atoms with E-state index in [-0.39, 0.29) is 25.2 Å². The van der Waals surface area contributed by atoms with Gasteiger partial charge in [-0.25, -0.2) is 9.78 Å². The fourth-order valence-electron chi connectivity index (χ4n) is 3.63. The van der Waals surface area contributed by atoms with Crippen LogP contribution in [0.4, 0.5) is 0 Å². The van der Waals surface area contributed by atoms with Crippen LogP contribution in [-0.4, -0.2) is 29.5 Å². The number of hydrogen-bond donors (Lipinski definition) is 1. The molecule has 0 unspecified atom stereocenters. The van der Waals surface area contributed by atoms with Gasteiger partial charge in [0.15, 0.2) is 6.61 Å². The van der Waals surface area contributed by atoms with Crippen molar-refractivity contribution in [2.75, 3.05) is 6.61 Å². The van der Waals surface area contributed by atoms with Crippen molar-refractivity contribution < 1.29 is 19.1 Å². The lowest BCUT2D eigenvalue weighted by Crippen LogP contribution is -2.45. The summed E-state index contributed by atoms with van der Waals surface area (Å²) < 4.78 is 11.0. The Kier molecular flexibility index (Phi) is 7.25. The molecule has 1 aliphatic carbocycles. The number of para-hydroxylation sites is 1. The van der Waals surface area contributed by atoms with Crippen molar-refractivity contribution in [3.8, 4) is 5.75 Å². The van der Waals surface area contributed by atoms with E-state index in [9.17, 15) is 9.59 Å². The van der Waals surface area contributed by atoms with E-state index < -0.39 is 5.97 Å². The standard InChI is InChI=1S/C22H28N2O4S/c1-14-7-6-9-19(15(14)2)24-21(25)12-28-22(26)18-8-4-5-10-20(18)27-11-17-13-29-16(3)23-17/h4-5,8,10,13-15,19H,6-7,9,11-12H2,1-3H3,(H,24,25)/t14-,15-,19-/m0/s1. The lowest BCUT2D eigenvalue weighted by atomic mass is 9.78. The van der Waals surface area contributed by atoms with Crippen molar-refractivity contribution in [1.82, 2.24) is 10.3 Å². The Bertz CT molecular complexity index is 851. The quantitative estimate of drug-likeness (QED) is 0.687. The van der Waals surface area contributed by atoms with Gasteiger partial charge in [0, 0.05) is 11.4 Å². The zero-order valence-corrected chi connectivity index (χ0v) is 18.0. The molecule has 1 fully saturated rings. The predicted molar refractivity (Wildman–Crippen MR) is 112 cm³/mol. The van der Waals surface area contributed by atoms with Crippen LogP contribution in [0.2, 0.25) is 0 Å². The van der Waals surface area contributed by atoms with Crippen molar-refractivity contribution in [2.24, 2.45) is 11.8 Å². The van der Waals surface area contributed by atoms with Crippen LogP contribution in [0.15, 0.2) is 29.6 Å². The number of thiazole rings is 1. The molecule has 6 nitrogen and oxygen atoms in total. The van der Waals surface area contributed by atoms with Crippen molar-refractivity contribution in [1.29, 1.82) is 0 Å². The lowest BCUT2D eigenvalue weighted by molar-refractivity contribution is -0.125. The molecule has 1 saturated carbocycles. The summed E-state index contributed by atoms with van der Waals surface area (Å²) in [5.41, 5.74) is 1.11. The number of esters is 1. The molecule has 1 heterocycles. The number of aryl methyl sites for hydroxylation is 1. The highest BCUT2D eigenvalue weighted by Crippen LogP contribution is 2.29. The monoisotopic (exact) mass is 416 g/mol. The van der Waals surface area contributed by atoms with Crippen LogP contribution in [-0.2, 0) is 16.1 Å². The summed E-state index contributed by atoms with van der Waals surface area (Å²) in [7, 11) is 0. The maximum atomic E-state index is 12.5. The number of hydrogen-bond acceptors (Lipinski definition) is 6. The highest BCUT2D eigenvalue weighted by atomic mass is 32.1. The number of amides is 1. The molecule has 29 heavy (non-hydrogen) atoms. The van der Waals surface area contributed by atoms with Crippen molar-refractivity contribution >= 4 is 23.2 Å². The number of nitrogens with zero attached hydrogens (tertiary/aromatic N) is 1. The number of rotatable bonds is 7. The van der Waals surface area contributed by atoms with Crippen LogP contribution in [0, 0.1) is 18.8 Å². The van der Waals surface area contributed by atoms with Gasteiger partial charge in [0.05, 0.1) is 10.7 Å². The third kappa shape index (κ3) is 5.79. The Balaban J connectivity index is 1.53. The minimum Gasteiger partial charge on any atom is -0.486 e. The van der Waals surface area contributed by atoms with E-state index in [2.05, 4.69) is 24.1 Å². The molecule has 1 aliphatic rings. The van der Waals surface area contributed by atoms with E-state index in [1.165, 1.54) is 6.42 Å². The average Bonchev–Trinajstić information content (AvgIpc) is 3.13. The first kappa shape index (κ1) is 21.3. The summed E-state index contributed by atoms with van der Waals surface area (Å²) in [6.45, 7) is 6.28. The number of carbonyl (C=O) groups excluding carboxylic acids is 2. The number of benzene rings is 1. The second-order valence-electron chi connectivity index (χ2n) is 7.66. The van der Waals surface area contributed by atoms with Crippen LogP contribution in [0.5, 0.6) is 5.75 Å². The minimum atomic E-state index is -0.574. The molecule has 0 bridgehead atoms. The van der Waals surface area contributed by atoms with E-state index in [1.54, 1.807) is 35.6 Å². The molecule has 0 saturated heterocycles. The minimum absolute atomic E-state index is 0.141. The molecule has 2 aromatic rings. The van der Waals surface area contributed by atoms with Crippen LogP contribution < -0.4 is 10.1 Å². The van der Waals surface area contributed by atoms with Gasteiger partial charge in [-0.15, -0.1) is 11.3 Å². The second-order valence-corrected chi connectivity index (χ2v) is 8.72. The molecule has 0 aliphatic heterocycles. The molecule has 1 amide bonds. The number of nitrogens with one attached hydrogen (secondary N) is 1. The summed E-state index contributed by atoms with van der Waals surface area (Å²) in [5.74, 6) is 0.586. The van der Waals surface area contributed by atoms with Gasteiger partial charge in [-0.2, -0.15) is 0 Å². The fraction of sp³-hybridized carbons (Fsp3) is 0.500. The first-order chi connectivity index (χ1) is 13.9. The van der Waals surface area contributed by atoms with E-state index in [0.717, 1.165) is 23.5 Å². The molecule has 0 spiro atoms. The maximum absolute atomic E-state index is 12.5. The van der Waals surface area contributed by atoms with Gasteiger partial charge in [0.1, 0.15) is 17.9 Å². The van der Waals surface area contributed by atoms with Crippen LogP contribution in [0.25, 0.3) is 0 Å². The molecule has 7 heteroatoms. The fourth-order valence-corrected chi connectivity index (χ4v) is 4.23. The molecule has 0 radical (unpaired) electrons. The Labute approximate surface area is 175 Å². The van der Waals surface area contributed by atoms with E-state index in [0.29, 0.717) is 23.1 Å². The Morgan fingerprint density at radius 2 is 2.03 bits per heavy atom. The summed E-state index contributed by atoms with van der Waals surface area (Å²) in [6.07, 6.45) is 3.28. The van der Waals surface area contributed by atoms with Crippen LogP contribution >= 0.6 is 11.3 Å². The average molecular weight is 417 g/mol. The number of ether oxygens (including phenoxy) is 2. The van der Waals surface area contributed by atoms with Gasteiger partial charge in [-0.3, -0.25) is 4.79 Å². The van der Waals surface area contributed by atoms with E-state index in [1.807, 2.05) is 12.3 Å². The zero-order chi connectivity index (χ0) is 20.8. The summed E-state index contributed by atoms with van der Waals surface area (Å²) in [5, 5.41) is 5.90. The van der Waals surface area contributed by atoms with Crippen molar-refractivity contribution in [3.63, 3.8) is 0 Å².